The highest BCUT2D eigenvalue weighted by Crippen LogP contribution is 2.35. The van der Waals surface area contributed by atoms with Crippen LogP contribution in [0.2, 0.25) is 0 Å². The van der Waals surface area contributed by atoms with Crippen LogP contribution in [0.4, 0.5) is 0 Å². The van der Waals surface area contributed by atoms with E-state index in [-0.39, 0.29) is 6.10 Å². The minimum absolute atomic E-state index is 0.151. The highest BCUT2D eigenvalue weighted by atomic mass is 32.2. The molecule has 1 aliphatic rings. The molecule has 2 nitrogen and oxygen atoms in total. The summed E-state index contributed by atoms with van der Waals surface area (Å²) in [6, 6.07) is 7.96. The maximum absolute atomic E-state index is 9.73. The molecule has 1 fully saturated rings. The fourth-order valence-corrected chi connectivity index (χ4v) is 3.26. The van der Waals surface area contributed by atoms with Gasteiger partial charge in [-0.15, -0.1) is 11.8 Å². The molecule has 3 unspecified atom stereocenters. The molecule has 3 heteroatoms. The Labute approximate surface area is 101 Å². The monoisotopic (exact) mass is 238 g/mol. The normalized spacial score (nSPS) is 26.9. The van der Waals surface area contributed by atoms with E-state index in [1.165, 1.54) is 4.90 Å². The standard InChI is InChI=1S/C13H18O2S/c1-9(14)10-5-7-11(8-6-10)16-13-4-2-3-12(13)15/h5-9,12-15H,2-4H2,1H3. The first-order valence-electron chi connectivity index (χ1n) is 5.79. The van der Waals surface area contributed by atoms with Crippen LogP contribution in [0.15, 0.2) is 29.2 Å². The molecule has 2 rings (SSSR count). The van der Waals surface area contributed by atoms with Crippen LogP contribution in [-0.4, -0.2) is 21.6 Å². The molecule has 0 amide bonds. The van der Waals surface area contributed by atoms with Crippen LogP contribution in [0, 0.1) is 0 Å². The lowest BCUT2D eigenvalue weighted by Crippen LogP contribution is -2.14. The third-order valence-corrected chi connectivity index (χ3v) is 4.46. The number of aliphatic hydroxyl groups excluding tert-OH is 2. The molecule has 0 aliphatic heterocycles. The molecule has 3 atom stereocenters. The van der Waals surface area contributed by atoms with E-state index in [1.54, 1.807) is 18.7 Å². The smallest absolute Gasteiger partial charge is 0.0761 e. The molecule has 2 N–H and O–H groups in total. The minimum atomic E-state index is -0.406. The SMILES string of the molecule is CC(O)c1ccc(SC2CCCC2O)cc1. The highest BCUT2D eigenvalue weighted by Gasteiger charge is 2.25. The summed E-state index contributed by atoms with van der Waals surface area (Å²) in [5, 5.41) is 19.5. The van der Waals surface area contributed by atoms with Gasteiger partial charge in [-0.2, -0.15) is 0 Å². The van der Waals surface area contributed by atoms with Gasteiger partial charge in [0.05, 0.1) is 12.2 Å². The Kier molecular flexibility index (Phi) is 3.90. The maximum Gasteiger partial charge on any atom is 0.0761 e. The van der Waals surface area contributed by atoms with E-state index in [0.29, 0.717) is 5.25 Å². The van der Waals surface area contributed by atoms with Crippen molar-refractivity contribution in [2.75, 3.05) is 0 Å². The van der Waals surface area contributed by atoms with Crippen molar-refractivity contribution in [1.82, 2.24) is 0 Å². The van der Waals surface area contributed by atoms with Gasteiger partial charge in [-0.1, -0.05) is 12.1 Å². The van der Waals surface area contributed by atoms with E-state index in [9.17, 15) is 10.2 Å². The van der Waals surface area contributed by atoms with E-state index in [4.69, 9.17) is 0 Å². The van der Waals surface area contributed by atoms with Gasteiger partial charge in [-0.3, -0.25) is 0 Å². The Morgan fingerprint density at radius 3 is 2.44 bits per heavy atom. The zero-order valence-electron chi connectivity index (χ0n) is 9.47. The Morgan fingerprint density at radius 1 is 1.25 bits per heavy atom. The van der Waals surface area contributed by atoms with Gasteiger partial charge in [0.15, 0.2) is 0 Å². The molecule has 16 heavy (non-hydrogen) atoms. The van der Waals surface area contributed by atoms with E-state index >= 15 is 0 Å². The zero-order chi connectivity index (χ0) is 11.5. The Morgan fingerprint density at radius 2 is 1.94 bits per heavy atom. The molecule has 0 saturated heterocycles. The van der Waals surface area contributed by atoms with Crippen molar-refractivity contribution in [2.24, 2.45) is 0 Å². The lowest BCUT2D eigenvalue weighted by molar-refractivity contribution is 0.188. The molecule has 0 spiro atoms. The predicted molar refractivity (Wildman–Crippen MR) is 66.6 cm³/mol. The number of thioether (sulfide) groups is 1. The van der Waals surface area contributed by atoms with Crippen LogP contribution in [0.3, 0.4) is 0 Å². The van der Waals surface area contributed by atoms with E-state index in [1.807, 2.05) is 24.3 Å². The van der Waals surface area contributed by atoms with Gasteiger partial charge in [0.25, 0.3) is 0 Å². The molecule has 1 aliphatic carbocycles. The summed E-state index contributed by atoms with van der Waals surface area (Å²) in [6.45, 7) is 1.77. The maximum atomic E-state index is 9.73. The Bertz CT molecular complexity index is 334. The van der Waals surface area contributed by atoms with Crippen molar-refractivity contribution in [3.63, 3.8) is 0 Å². The molecule has 0 aromatic heterocycles. The second-order valence-corrected chi connectivity index (χ2v) is 5.71. The summed E-state index contributed by atoms with van der Waals surface area (Å²) in [5.41, 5.74) is 0.941. The fraction of sp³-hybridized carbons (Fsp3) is 0.538. The average Bonchev–Trinajstić information content (AvgIpc) is 2.65. The third kappa shape index (κ3) is 2.78. The first-order valence-corrected chi connectivity index (χ1v) is 6.67. The van der Waals surface area contributed by atoms with Crippen molar-refractivity contribution in [1.29, 1.82) is 0 Å². The highest BCUT2D eigenvalue weighted by molar-refractivity contribution is 8.00. The van der Waals surface area contributed by atoms with Crippen molar-refractivity contribution < 1.29 is 10.2 Å². The van der Waals surface area contributed by atoms with Gasteiger partial charge in [0.1, 0.15) is 0 Å². The number of hydrogen-bond acceptors (Lipinski definition) is 3. The summed E-state index contributed by atoms with van der Waals surface area (Å²) in [5.74, 6) is 0. The predicted octanol–water partition coefficient (Wildman–Crippen LogP) is 2.75. The fourth-order valence-electron chi connectivity index (χ4n) is 2.04. The number of benzene rings is 1. The molecule has 0 radical (unpaired) electrons. The lowest BCUT2D eigenvalue weighted by Gasteiger charge is -2.14. The zero-order valence-corrected chi connectivity index (χ0v) is 10.3. The molecule has 0 heterocycles. The summed E-state index contributed by atoms with van der Waals surface area (Å²) < 4.78 is 0. The Balaban J connectivity index is 1.99. The molecule has 1 saturated carbocycles. The van der Waals surface area contributed by atoms with Crippen molar-refractivity contribution in [3.05, 3.63) is 29.8 Å². The molecule has 88 valence electrons. The second kappa shape index (κ2) is 5.21. The number of aliphatic hydroxyl groups is 2. The van der Waals surface area contributed by atoms with Gasteiger partial charge in [0, 0.05) is 10.1 Å². The van der Waals surface area contributed by atoms with Gasteiger partial charge in [-0.05, 0) is 43.9 Å². The van der Waals surface area contributed by atoms with E-state index in [2.05, 4.69) is 0 Å². The molecule has 1 aromatic rings. The van der Waals surface area contributed by atoms with Gasteiger partial charge < -0.3 is 10.2 Å². The van der Waals surface area contributed by atoms with Crippen LogP contribution in [-0.2, 0) is 0 Å². The first-order chi connectivity index (χ1) is 7.66. The second-order valence-electron chi connectivity index (χ2n) is 4.40. The number of rotatable bonds is 3. The quantitative estimate of drug-likeness (QED) is 0.850. The largest absolute Gasteiger partial charge is 0.392 e. The molecular weight excluding hydrogens is 220 g/mol. The first kappa shape index (κ1) is 12.0. The van der Waals surface area contributed by atoms with Gasteiger partial charge >= 0.3 is 0 Å². The van der Waals surface area contributed by atoms with Crippen molar-refractivity contribution in [2.45, 2.75) is 48.5 Å². The summed E-state index contributed by atoms with van der Waals surface area (Å²) in [4.78, 5) is 1.18. The third-order valence-electron chi connectivity index (χ3n) is 3.07. The van der Waals surface area contributed by atoms with Crippen LogP contribution >= 0.6 is 11.8 Å². The summed E-state index contributed by atoms with van der Waals surface area (Å²) in [7, 11) is 0. The van der Waals surface area contributed by atoms with Gasteiger partial charge in [0.2, 0.25) is 0 Å². The molecule has 0 bridgehead atoms. The number of hydrogen-bond donors (Lipinski definition) is 2. The van der Waals surface area contributed by atoms with Crippen molar-refractivity contribution >= 4 is 11.8 Å². The van der Waals surface area contributed by atoms with Crippen LogP contribution in [0.25, 0.3) is 0 Å². The van der Waals surface area contributed by atoms with Crippen LogP contribution in [0.1, 0.15) is 37.9 Å². The molecular formula is C13H18O2S. The van der Waals surface area contributed by atoms with Crippen molar-refractivity contribution in [3.8, 4) is 0 Å². The summed E-state index contributed by atoms with van der Waals surface area (Å²) >= 11 is 1.75. The van der Waals surface area contributed by atoms with Crippen LogP contribution < -0.4 is 0 Å². The average molecular weight is 238 g/mol. The Hall–Kier alpha value is -0.510. The molecule has 1 aromatic carbocycles. The van der Waals surface area contributed by atoms with Crippen LogP contribution in [0.5, 0.6) is 0 Å². The lowest BCUT2D eigenvalue weighted by atomic mass is 10.1. The van der Waals surface area contributed by atoms with Gasteiger partial charge in [-0.25, -0.2) is 0 Å². The topological polar surface area (TPSA) is 40.5 Å². The minimum Gasteiger partial charge on any atom is -0.392 e. The van der Waals surface area contributed by atoms with E-state index < -0.39 is 6.10 Å². The summed E-state index contributed by atoms with van der Waals surface area (Å²) in [6.07, 6.45) is 2.61. The van der Waals surface area contributed by atoms with E-state index in [0.717, 1.165) is 24.8 Å².